The third kappa shape index (κ3) is 2.84. The summed E-state index contributed by atoms with van der Waals surface area (Å²) in [5.41, 5.74) is 0.816. The summed E-state index contributed by atoms with van der Waals surface area (Å²) in [6, 6.07) is 1.86. The van der Waals surface area contributed by atoms with Gasteiger partial charge in [0, 0.05) is 20.7 Å². The topological polar surface area (TPSA) is 36.7 Å². The molecule has 1 aromatic rings. The van der Waals surface area contributed by atoms with E-state index in [2.05, 4.69) is 20.9 Å². The van der Waals surface area contributed by atoms with E-state index in [-0.39, 0.29) is 12.0 Å². The fourth-order valence-corrected chi connectivity index (χ4v) is 2.99. The second kappa shape index (κ2) is 5.70. The smallest absolute Gasteiger partial charge is 0.259 e. The highest BCUT2D eigenvalue weighted by Crippen LogP contribution is 2.30. The zero-order valence-electron chi connectivity index (χ0n) is 7.48. The first-order chi connectivity index (χ1) is 7.11. The SMILES string of the molecule is N#CCc1cnc(CBr)c(I)c1C(F)F. The van der Waals surface area contributed by atoms with Crippen molar-refractivity contribution in [2.24, 2.45) is 0 Å². The second-order valence-corrected chi connectivity index (χ2v) is 4.37. The molecule has 0 N–H and O–H groups in total. The average Bonchev–Trinajstić information content (AvgIpc) is 2.18. The van der Waals surface area contributed by atoms with Gasteiger partial charge in [-0.25, -0.2) is 8.78 Å². The summed E-state index contributed by atoms with van der Waals surface area (Å²) in [6.07, 6.45) is -1.25. The third-order valence-electron chi connectivity index (χ3n) is 1.83. The van der Waals surface area contributed by atoms with Gasteiger partial charge in [-0.1, -0.05) is 15.9 Å². The number of alkyl halides is 3. The molecule has 0 aliphatic heterocycles. The molecule has 0 aliphatic carbocycles. The van der Waals surface area contributed by atoms with Crippen LogP contribution in [0.3, 0.4) is 0 Å². The molecule has 1 heterocycles. The molecule has 1 aromatic heterocycles. The van der Waals surface area contributed by atoms with E-state index in [0.717, 1.165) is 0 Å². The van der Waals surface area contributed by atoms with Crippen molar-refractivity contribution in [2.45, 2.75) is 18.2 Å². The van der Waals surface area contributed by atoms with Crippen LogP contribution in [0.2, 0.25) is 0 Å². The number of halogens is 4. The zero-order chi connectivity index (χ0) is 11.4. The quantitative estimate of drug-likeness (QED) is 0.588. The molecule has 0 fully saturated rings. The van der Waals surface area contributed by atoms with E-state index in [9.17, 15) is 8.78 Å². The minimum atomic E-state index is -2.57. The van der Waals surface area contributed by atoms with E-state index in [1.54, 1.807) is 0 Å². The predicted molar refractivity (Wildman–Crippen MR) is 63.9 cm³/mol. The van der Waals surface area contributed by atoms with Crippen LogP contribution in [0.25, 0.3) is 0 Å². The normalized spacial score (nSPS) is 10.4. The van der Waals surface area contributed by atoms with Crippen molar-refractivity contribution in [3.8, 4) is 6.07 Å². The first kappa shape index (κ1) is 12.8. The number of hydrogen-bond acceptors (Lipinski definition) is 2. The molecule has 1 rings (SSSR count). The average molecular weight is 387 g/mol. The van der Waals surface area contributed by atoms with Gasteiger partial charge in [-0.2, -0.15) is 5.26 Å². The summed E-state index contributed by atoms with van der Waals surface area (Å²) in [5.74, 6) is 0. The molecule has 2 nitrogen and oxygen atoms in total. The lowest BCUT2D eigenvalue weighted by Gasteiger charge is -2.10. The van der Waals surface area contributed by atoms with Crippen LogP contribution < -0.4 is 0 Å². The van der Waals surface area contributed by atoms with Crippen LogP contribution in [-0.2, 0) is 11.8 Å². The predicted octanol–water partition coefficient (Wildman–Crippen LogP) is 3.58. The molecule has 0 amide bonds. The van der Waals surface area contributed by atoms with Crippen LogP contribution >= 0.6 is 38.5 Å². The molecule has 15 heavy (non-hydrogen) atoms. The Morgan fingerprint density at radius 2 is 2.27 bits per heavy atom. The van der Waals surface area contributed by atoms with Gasteiger partial charge < -0.3 is 0 Å². The number of hydrogen-bond donors (Lipinski definition) is 0. The highest BCUT2D eigenvalue weighted by Gasteiger charge is 2.19. The highest BCUT2D eigenvalue weighted by atomic mass is 127. The van der Waals surface area contributed by atoms with Crippen molar-refractivity contribution < 1.29 is 8.78 Å². The molecule has 0 spiro atoms. The van der Waals surface area contributed by atoms with Crippen molar-refractivity contribution in [3.05, 3.63) is 26.6 Å². The maximum atomic E-state index is 12.8. The third-order valence-corrected chi connectivity index (χ3v) is 3.56. The zero-order valence-corrected chi connectivity index (χ0v) is 11.2. The molecule has 0 unspecified atom stereocenters. The van der Waals surface area contributed by atoms with Gasteiger partial charge in [0.15, 0.2) is 0 Å². The van der Waals surface area contributed by atoms with Gasteiger partial charge in [0.25, 0.3) is 6.43 Å². The molecular weight excluding hydrogens is 381 g/mol. The van der Waals surface area contributed by atoms with E-state index in [1.165, 1.54) is 6.20 Å². The number of aromatic nitrogens is 1. The molecular formula is C9H6BrF2IN2. The number of nitriles is 1. The first-order valence-corrected chi connectivity index (χ1v) is 6.19. The minimum absolute atomic E-state index is 0.0365. The molecule has 0 saturated heterocycles. The Morgan fingerprint density at radius 3 is 2.73 bits per heavy atom. The van der Waals surface area contributed by atoms with Gasteiger partial charge in [0.05, 0.1) is 18.2 Å². The van der Waals surface area contributed by atoms with Crippen molar-refractivity contribution in [2.75, 3.05) is 0 Å². The molecule has 0 aromatic carbocycles. The lowest BCUT2D eigenvalue weighted by molar-refractivity contribution is 0.149. The monoisotopic (exact) mass is 386 g/mol. The van der Waals surface area contributed by atoms with E-state index < -0.39 is 6.43 Å². The lowest BCUT2D eigenvalue weighted by atomic mass is 10.1. The van der Waals surface area contributed by atoms with Gasteiger partial charge in [0.2, 0.25) is 0 Å². The van der Waals surface area contributed by atoms with Crippen LogP contribution in [0.5, 0.6) is 0 Å². The summed E-state index contributed by atoms with van der Waals surface area (Å²) in [6.45, 7) is 0. The van der Waals surface area contributed by atoms with Crippen LogP contribution in [-0.4, -0.2) is 4.98 Å². The van der Waals surface area contributed by atoms with Gasteiger partial charge in [-0.05, 0) is 28.2 Å². The Hall–Kier alpha value is -0.290. The van der Waals surface area contributed by atoms with E-state index in [4.69, 9.17) is 5.26 Å². The lowest BCUT2D eigenvalue weighted by Crippen LogP contribution is -2.03. The maximum Gasteiger partial charge on any atom is 0.265 e. The molecule has 80 valence electrons. The summed E-state index contributed by atoms with van der Waals surface area (Å²) in [5, 5.41) is 8.94. The van der Waals surface area contributed by atoms with Crippen molar-refractivity contribution >= 4 is 38.5 Å². The van der Waals surface area contributed by atoms with Crippen LogP contribution in [0.1, 0.15) is 23.2 Å². The Bertz CT molecular complexity index is 404. The van der Waals surface area contributed by atoms with Gasteiger partial charge >= 0.3 is 0 Å². The number of pyridine rings is 1. The van der Waals surface area contributed by atoms with Crippen molar-refractivity contribution in [1.82, 2.24) is 4.98 Å². The Labute approximate surface area is 108 Å². The van der Waals surface area contributed by atoms with Crippen LogP contribution in [0.4, 0.5) is 8.78 Å². The van der Waals surface area contributed by atoms with Crippen molar-refractivity contribution in [3.63, 3.8) is 0 Å². The fraction of sp³-hybridized carbons (Fsp3) is 0.333. The molecule has 0 radical (unpaired) electrons. The highest BCUT2D eigenvalue weighted by molar-refractivity contribution is 14.1. The second-order valence-electron chi connectivity index (χ2n) is 2.73. The van der Waals surface area contributed by atoms with Gasteiger partial charge in [-0.15, -0.1) is 0 Å². The molecule has 6 heteroatoms. The number of nitrogens with zero attached hydrogens (tertiary/aromatic N) is 2. The van der Waals surface area contributed by atoms with E-state index in [0.29, 0.717) is 20.2 Å². The molecule has 0 saturated carbocycles. The van der Waals surface area contributed by atoms with Gasteiger partial charge in [0.1, 0.15) is 0 Å². The minimum Gasteiger partial charge on any atom is -0.259 e. The van der Waals surface area contributed by atoms with Crippen LogP contribution in [0, 0.1) is 14.9 Å². The first-order valence-electron chi connectivity index (χ1n) is 3.99. The standard InChI is InChI=1S/C9H6BrF2IN2/c10-3-6-8(13)7(9(11)12)5(1-2-14)4-15-6/h4,9H,1,3H2. The largest absolute Gasteiger partial charge is 0.265 e. The molecule has 0 bridgehead atoms. The maximum absolute atomic E-state index is 12.8. The van der Waals surface area contributed by atoms with E-state index in [1.807, 2.05) is 28.7 Å². The Kier molecular flexibility index (Phi) is 4.86. The molecule has 0 aliphatic rings. The fourth-order valence-electron chi connectivity index (χ4n) is 1.13. The van der Waals surface area contributed by atoms with Gasteiger partial charge in [-0.3, -0.25) is 4.98 Å². The van der Waals surface area contributed by atoms with Crippen molar-refractivity contribution in [1.29, 1.82) is 5.26 Å². The Morgan fingerprint density at radius 1 is 1.60 bits per heavy atom. The molecule has 0 atom stereocenters. The number of rotatable bonds is 3. The van der Waals surface area contributed by atoms with E-state index >= 15 is 0 Å². The summed E-state index contributed by atoms with van der Waals surface area (Å²) < 4.78 is 26.0. The Balaban J connectivity index is 3.32. The summed E-state index contributed by atoms with van der Waals surface area (Å²) in [4.78, 5) is 4.02. The van der Waals surface area contributed by atoms with Crippen LogP contribution in [0.15, 0.2) is 6.20 Å². The summed E-state index contributed by atoms with van der Waals surface area (Å²) in [7, 11) is 0. The summed E-state index contributed by atoms with van der Waals surface area (Å²) >= 11 is 5.02.